The maximum absolute atomic E-state index is 13.0. The first-order chi connectivity index (χ1) is 14.3. The molecule has 0 atom stereocenters. The van der Waals surface area contributed by atoms with Gasteiger partial charge in [-0.05, 0) is 51.5 Å². The Bertz CT molecular complexity index is 1100. The molecule has 0 aliphatic rings. The number of benzene rings is 2. The first kappa shape index (κ1) is 22.4. The number of fused-ring (bicyclic) bond motifs is 1. The van der Waals surface area contributed by atoms with Crippen LogP contribution in [0.1, 0.15) is 39.3 Å². The first-order valence-electron chi connectivity index (χ1n) is 9.96. The summed E-state index contributed by atoms with van der Waals surface area (Å²) in [7, 11) is 0. The lowest BCUT2D eigenvalue weighted by molar-refractivity contribution is -0.130. The molecule has 0 bridgehead atoms. The van der Waals surface area contributed by atoms with Gasteiger partial charge in [-0.15, -0.1) is 0 Å². The predicted molar refractivity (Wildman–Crippen MR) is 124 cm³/mol. The van der Waals surface area contributed by atoms with E-state index < -0.39 is 0 Å². The Labute approximate surface area is 186 Å². The van der Waals surface area contributed by atoms with Crippen LogP contribution in [0.15, 0.2) is 58.5 Å². The third-order valence-corrected chi connectivity index (χ3v) is 5.98. The van der Waals surface area contributed by atoms with Crippen molar-refractivity contribution >= 4 is 40.2 Å². The number of nitrogens with zero attached hydrogens (tertiary/aromatic N) is 3. The number of aromatic nitrogens is 2. The summed E-state index contributed by atoms with van der Waals surface area (Å²) in [5.41, 5.74) is 1.51. The molecule has 7 heteroatoms. The fourth-order valence-corrected chi connectivity index (χ4v) is 4.44. The molecule has 0 radical (unpaired) electrons. The van der Waals surface area contributed by atoms with Crippen molar-refractivity contribution in [3.05, 3.63) is 69.5 Å². The quantitative estimate of drug-likeness (QED) is 0.374. The summed E-state index contributed by atoms with van der Waals surface area (Å²) in [5.74, 6) is 0.213. The molecule has 1 amide bonds. The molecule has 1 aromatic heterocycles. The van der Waals surface area contributed by atoms with E-state index in [1.807, 2.05) is 62.9 Å². The van der Waals surface area contributed by atoms with E-state index in [1.54, 1.807) is 22.8 Å². The lowest BCUT2D eigenvalue weighted by Gasteiger charge is -2.27. The molecule has 2 aromatic carbocycles. The maximum Gasteiger partial charge on any atom is 0.262 e. The lowest BCUT2D eigenvalue weighted by Crippen LogP contribution is -2.37. The van der Waals surface area contributed by atoms with Crippen LogP contribution in [0.2, 0.25) is 5.02 Å². The third-order valence-electron chi connectivity index (χ3n) is 4.81. The number of thioether (sulfide) groups is 1. The SMILES string of the molecule is CC(C)N(Cc1ccccc1)C(=O)CSc1nc2cc(Cl)ccc2c(=O)n1C(C)C. The molecule has 0 spiro atoms. The van der Waals surface area contributed by atoms with Crippen molar-refractivity contribution in [3.8, 4) is 0 Å². The van der Waals surface area contributed by atoms with Gasteiger partial charge in [0.2, 0.25) is 5.91 Å². The minimum Gasteiger partial charge on any atom is -0.335 e. The average Bonchev–Trinajstić information content (AvgIpc) is 2.70. The molecule has 0 aliphatic carbocycles. The van der Waals surface area contributed by atoms with Gasteiger partial charge in [0, 0.05) is 23.7 Å². The number of amides is 1. The summed E-state index contributed by atoms with van der Waals surface area (Å²) in [6.07, 6.45) is 0. The second-order valence-electron chi connectivity index (χ2n) is 7.71. The number of hydrogen-bond acceptors (Lipinski definition) is 4. The Morgan fingerprint density at radius 1 is 1.13 bits per heavy atom. The van der Waals surface area contributed by atoms with Crippen LogP contribution in [-0.2, 0) is 11.3 Å². The summed E-state index contributed by atoms with van der Waals surface area (Å²) < 4.78 is 1.64. The molecule has 0 unspecified atom stereocenters. The Balaban J connectivity index is 1.87. The highest BCUT2D eigenvalue weighted by Crippen LogP contribution is 2.23. The fourth-order valence-electron chi connectivity index (χ4n) is 3.26. The molecular weight excluding hydrogens is 418 g/mol. The number of rotatable bonds is 7. The van der Waals surface area contributed by atoms with Gasteiger partial charge in [-0.3, -0.25) is 14.2 Å². The fraction of sp³-hybridized carbons (Fsp3) is 0.348. The standard InChI is InChI=1S/C23H26ClN3O2S/c1-15(2)26(13-17-8-6-5-7-9-17)21(28)14-30-23-25-20-12-18(24)10-11-19(20)22(29)27(23)16(3)4/h5-12,15-16H,13-14H2,1-4H3. The van der Waals surface area contributed by atoms with Gasteiger partial charge in [-0.2, -0.15) is 0 Å². The summed E-state index contributed by atoms with van der Waals surface area (Å²) in [6.45, 7) is 8.44. The van der Waals surface area contributed by atoms with Crippen molar-refractivity contribution in [2.45, 2.75) is 51.5 Å². The summed E-state index contributed by atoms with van der Waals surface area (Å²) >= 11 is 7.38. The molecule has 0 saturated carbocycles. The van der Waals surface area contributed by atoms with E-state index in [2.05, 4.69) is 4.98 Å². The van der Waals surface area contributed by atoms with Gasteiger partial charge in [0.25, 0.3) is 5.56 Å². The molecule has 0 saturated heterocycles. The minimum atomic E-state index is -0.119. The Hall–Kier alpha value is -2.31. The van der Waals surface area contributed by atoms with Crippen molar-refractivity contribution < 1.29 is 4.79 Å². The molecule has 3 aromatic rings. The summed E-state index contributed by atoms with van der Waals surface area (Å²) in [5, 5.41) is 1.58. The molecule has 3 rings (SSSR count). The smallest absolute Gasteiger partial charge is 0.262 e. The predicted octanol–water partition coefficient (Wildman–Crippen LogP) is 5.16. The number of carbonyl (C=O) groups is 1. The van der Waals surface area contributed by atoms with Gasteiger partial charge in [-0.1, -0.05) is 53.7 Å². The summed E-state index contributed by atoms with van der Waals surface area (Å²) in [4.78, 5) is 32.5. The maximum atomic E-state index is 13.0. The van der Waals surface area contributed by atoms with Crippen molar-refractivity contribution in [1.82, 2.24) is 14.5 Å². The second-order valence-corrected chi connectivity index (χ2v) is 9.09. The van der Waals surface area contributed by atoms with E-state index in [1.165, 1.54) is 11.8 Å². The van der Waals surface area contributed by atoms with Gasteiger partial charge in [0.15, 0.2) is 5.16 Å². The van der Waals surface area contributed by atoms with E-state index in [9.17, 15) is 9.59 Å². The molecule has 0 N–H and O–H groups in total. The molecule has 30 heavy (non-hydrogen) atoms. The van der Waals surface area contributed by atoms with Crippen molar-refractivity contribution in [1.29, 1.82) is 0 Å². The van der Waals surface area contributed by atoms with Crippen LogP contribution in [-0.4, -0.2) is 32.2 Å². The van der Waals surface area contributed by atoms with Crippen LogP contribution in [0.5, 0.6) is 0 Å². The van der Waals surface area contributed by atoms with Gasteiger partial charge in [0.1, 0.15) is 0 Å². The average molecular weight is 444 g/mol. The number of halogens is 1. The lowest BCUT2D eigenvalue weighted by atomic mass is 10.2. The largest absolute Gasteiger partial charge is 0.335 e. The van der Waals surface area contributed by atoms with Crippen LogP contribution in [0, 0.1) is 0 Å². The molecule has 0 aliphatic heterocycles. The minimum absolute atomic E-state index is 0.00889. The van der Waals surface area contributed by atoms with Gasteiger partial charge in [0.05, 0.1) is 16.7 Å². The van der Waals surface area contributed by atoms with Crippen molar-refractivity contribution in [3.63, 3.8) is 0 Å². The molecular formula is C23H26ClN3O2S. The highest BCUT2D eigenvalue weighted by molar-refractivity contribution is 7.99. The van der Waals surface area contributed by atoms with Crippen LogP contribution in [0.4, 0.5) is 0 Å². The number of carbonyl (C=O) groups excluding carboxylic acids is 1. The Morgan fingerprint density at radius 2 is 1.83 bits per heavy atom. The van der Waals surface area contributed by atoms with E-state index in [-0.39, 0.29) is 29.3 Å². The highest BCUT2D eigenvalue weighted by Gasteiger charge is 2.20. The van der Waals surface area contributed by atoms with E-state index in [0.29, 0.717) is 27.6 Å². The highest BCUT2D eigenvalue weighted by atomic mass is 35.5. The van der Waals surface area contributed by atoms with Gasteiger partial charge in [-0.25, -0.2) is 4.98 Å². The van der Waals surface area contributed by atoms with E-state index in [0.717, 1.165) is 5.56 Å². The second kappa shape index (κ2) is 9.67. The van der Waals surface area contributed by atoms with Crippen LogP contribution in [0.25, 0.3) is 10.9 Å². The van der Waals surface area contributed by atoms with Crippen LogP contribution < -0.4 is 5.56 Å². The molecule has 5 nitrogen and oxygen atoms in total. The van der Waals surface area contributed by atoms with Crippen LogP contribution >= 0.6 is 23.4 Å². The topological polar surface area (TPSA) is 55.2 Å². The third kappa shape index (κ3) is 5.05. The van der Waals surface area contributed by atoms with Crippen molar-refractivity contribution in [2.24, 2.45) is 0 Å². The van der Waals surface area contributed by atoms with E-state index in [4.69, 9.17) is 11.6 Å². The zero-order valence-electron chi connectivity index (χ0n) is 17.6. The monoisotopic (exact) mass is 443 g/mol. The zero-order chi connectivity index (χ0) is 21.8. The normalized spacial score (nSPS) is 11.4. The van der Waals surface area contributed by atoms with Crippen LogP contribution in [0.3, 0.4) is 0 Å². The van der Waals surface area contributed by atoms with E-state index >= 15 is 0 Å². The Kier molecular flexibility index (Phi) is 7.21. The molecule has 158 valence electrons. The number of hydrogen-bond donors (Lipinski definition) is 0. The first-order valence-corrected chi connectivity index (χ1v) is 11.3. The Morgan fingerprint density at radius 3 is 2.47 bits per heavy atom. The zero-order valence-corrected chi connectivity index (χ0v) is 19.2. The molecule has 1 heterocycles. The molecule has 0 fully saturated rings. The van der Waals surface area contributed by atoms with Gasteiger partial charge >= 0.3 is 0 Å². The van der Waals surface area contributed by atoms with Crippen molar-refractivity contribution in [2.75, 3.05) is 5.75 Å². The summed E-state index contributed by atoms with van der Waals surface area (Å²) in [6, 6.07) is 15.0. The van der Waals surface area contributed by atoms with Gasteiger partial charge < -0.3 is 4.90 Å².